The summed E-state index contributed by atoms with van der Waals surface area (Å²) in [6.45, 7) is 6.20. The van der Waals surface area contributed by atoms with Gasteiger partial charge >= 0.3 is 5.97 Å². The third-order valence-electron chi connectivity index (χ3n) is 4.33. The van der Waals surface area contributed by atoms with Crippen LogP contribution in [0.25, 0.3) is 0 Å². The maximum Gasteiger partial charge on any atom is 0.306 e. The van der Waals surface area contributed by atoms with Crippen molar-refractivity contribution in [2.24, 2.45) is 5.41 Å². The van der Waals surface area contributed by atoms with Gasteiger partial charge in [-0.05, 0) is 35.4 Å². The first-order valence-corrected chi connectivity index (χ1v) is 8.40. The molecule has 0 fully saturated rings. The molecule has 0 aliphatic rings. The van der Waals surface area contributed by atoms with Gasteiger partial charge in [0, 0.05) is 6.42 Å². The summed E-state index contributed by atoms with van der Waals surface area (Å²) in [5, 5.41) is 37.9. The van der Waals surface area contributed by atoms with Crippen molar-refractivity contribution in [3.05, 3.63) is 28.8 Å². The van der Waals surface area contributed by atoms with Crippen molar-refractivity contribution in [2.75, 3.05) is 26.4 Å². The summed E-state index contributed by atoms with van der Waals surface area (Å²) in [5.74, 6) is -0.194. The topological polar surface area (TPSA) is 107 Å². The summed E-state index contributed by atoms with van der Waals surface area (Å²) in [4.78, 5) is 11.9. The van der Waals surface area contributed by atoms with Crippen LogP contribution in [0.15, 0.2) is 12.1 Å². The summed E-state index contributed by atoms with van der Waals surface area (Å²) < 4.78 is 5.09. The molecular formula is C19H30O6. The number of phenols is 1. The van der Waals surface area contributed by atoms with Gasteiger partial charge in [-0.15, -0.1) is 0 Å². The molecule has 0 spiro atoms. The maximum absolute atomic E-state index is 11.9. The summed E-state index contributed by atoms with van der Waals surface area (Å²) >= 11 is 0. The Balaban J connectivity index is 2.72. The highest BCUT2D eigenvalue weighted by atomic mass is 16.5. The third-order valence-corrected chi connectivity index (χ3v) is 4.33. The van der Waals surface area contributed by atoms with Crippen LogP contribution in [0.2, 0.25) is 0 Å². The van der Waals surface area contributed by atoms with Crippen LogP contribution in [-0.2, 0) is 21.4 Å². The molecular weight excluding hydrogens is 324 g/mol. The molecule has 1 aromatic carbocycles. The van der Waals surface area contributed by atoms with E-state index in [4.69, 9.17) is 4.74 Å². The molecule has 0 saturated carbocycles. The number of aliphatic hydroxyl groups excluding tert-OH is 3. The Morgan fingerprint density at radius 2 is 1.64 bits per heavy atom. The molecule has 0 bridgehead atoms. The minimum Gasteiger partial charge on any atom is -0.507 e. The number of benzene rings is 1. The molecule has 6 nitrogen and oxygen atoms in total. The van der Waals surface area contributed by atoms with Crippen LogP contribution < -0.4 is 0 Å². The molecule has 0 amide bonds. The summed E-state index contributed by atoms with van der Waals surface area (Å²) in [6, 6.07) is 3.74. The summed E-state index contributed by atoms with van der Waals surface area (Å²) in [6.07, 6.45) is 0.583. The Kier molecular flexibility index (Phi) is 7.41. The Hall–Kier alpha value is -1.63. The number of carbonyl (C=O) groups is 1. The number of hydrogen-bond donors (Lipinski definition) is 4. The van der Waals surface area contributed by atoms with Crippen molar-refractivity contribution in [1.29, 1.82) is 0 Å². The van der Waals surface area contributed by atoms with Crippen LogP contribution in [0.3, 0.4) is 0 Å². The lowest BCUT2D eigenvalue weighted by atomic mass is 9.83. The average molecular weight is 354 g/mol. The minimum atomic E-state index is -1.22. The molecule has 1 rings (SSSR count). The van der Waals surface area contributed by atoms with Crippen LogP contribution >= 0.6 is 0 Å². The Morgan fingerprint density at radius 3 is 2.12 bits per heavy atom. The van der Waals surface area contributed by atoms with Crippen LogP contribution in [-0.4, -0.2) is 52.8 Å². The van der Waals surface area contributed by atoms with Crippen molar-refractivity contribution in [2.45, 2.75) is 46.0 Å². The molecule has 142 valence electrons. The lowest BCUT2D eigenvalue weighted by Crippen LogP contribution is -2.39. The number of phenolic OH excluding ortho intramolecular Hbond substituents is 1. The molecule has 0 aliphatic heterocycles. The number of ether oxygens (including phenoxy) is 1. The highest BCUT2D eigenvalue weighted by Crippen LogP contribution is 2.34. The van der Waals surface area contributed by atoms with E-state index in [1.807, 2.05) is 39.8 Å². The number of carbonyl (C=O) groups excluding carboxylic acids is 1. The Labute approximate surface area is 149 Å². The monoisotopic (exact) mass is 354 g/mol. The highest BCUT2D eigenvalue weighted by molar-refractivity contribution is 5.69. The van der Waals surface area contributed by atoms with Gasteiger partial charge in [0.25, 0.3) is 0 Å². The quantitative estimate of drug-likeness (QED) is 0.526. The van der Waals surface area contributed by atoms with Gasteiger partial charge in [0.1, 0.15) is 12.4 Å². The predicted octanol–water partition coefficient (Wildman–Crippen LogP) is 1.44. The van der Waals surface area contributed by atoms with E-state index in [0.717, 1.165) is 16.7 Å². The molecule has 4 N–H and O–H groups in total. The van der Waals surface area contributed by atoms with Gasteiger partial charge in [-0.3, -0.25) is 4.79 Å². The standard InChI is InChI=1S/C19H30O6/c1-13-7-14(8-15(17(13)24)18(2,3)4)5-6-16(23)25-12-19(9-20,10-21)11-22/h7-8,20-22,24H,5-6,9-12H2,1-4H3. The van der Waals surface area contributed by atoms with E-state index in [0.29, 0.717) is 6.42 Å². The van der Waals surface area contributed by atoms with Gasteiger partial charge in [-0.25, -0.2) is 0 Å². The van der Waals surface area contributed by atoms with Gasteiger partial charge in [0.15, 0.2) is 0 Å². The lowest BCUT2D eigenvalue weighted by molar-refractivity contribution is -0.151. The highest BCUT2D eigenvalue weighted by Gasteiger charge is 2.30. The zero-order chi connectivity index (χ0) is 19.3. The predicted molar refractivity (Wildman–Crippen MR) is 94.5 cm³/mol. The second kappa shape index (κ2) is 8.65. The largest absolute Gasteiger partial charge is 0.507 e. The minimum absolute atomic E-state index is 0.131. The van der Waals surface area contributed by atoms with Crippen molar-refractivity contribution >= 4 is 5.97 Å². The van der Waals surface area contributed by atoms with E-state index in [1.165, 1.54) is 0 Å². The molecule has 0 aromatic heterocycles. The Morgan fingerprint density at radius 1 is 1.08 bits per heavy atom. The summed E-state index contributed by atoms with van der Waals surface area (Å²) in [5.41, 5.74) is 1.08. The fourth-order valence-corrected chi connectivity index (χ4v) is 2.41. The van der Waals surface area contributed by atoms with Crippen LogP contribution in [0.5, 0.6) is 5.75 Å². The molecule has 0 saturated heterocycles. The molecule has 0 aliphatic carbocycles. The van der Waals surface area contributed by atoms with E-state index >= 15 is 0 Å². The van der Waals surface area contributed by atoms with E-state index in [2.05, 4.69) is 0 Å². The van der Waals surface area contributed by atoms with Crippen LogP contribution in [0.4, 0.5) is 0 Å². The zero-order valence-electron chi connectivity index (χ0n) is 15.5. The lowest BCUT2D eigenvalue weighted by Gasteiger charge is -2.26. The third kappa shape index (κ3) is 5.70. The van der Waals surface area contributed by atoms with Gasteiger partial charge in [0.05, 0.1) is 25.2 Å². The van der Waals surface area contributed by atoms with Gasteiger partial charge in [-0.2, -0.15) is 0 Å². The fraction of sp³-hybridized carbons (Fsp3) is 0.632. The SMILES string of the molecule is Cc1cc(CCC(=O)OCC(CO)(CO)CO)cc(C(C)(C)C)c1O. The van der Waals surface area contributed by atoms with Gasteiger partial charge in [-0.1, -0.05) is 32.9 Å². The Bertz CT molecular complexity index is 576. The number of aromatic hydroxyl groups is 1. The van der Waals surface area contributed by atoms with Crippen LogP contribution in [0, 0.1) is 12.3 Å². The van der Waals surface area contributed by atoms with E-state index in [1.54, 1.807) is 0 Å². The zero-order valence-corrected chi connectivity index (χ0v) is 15.5. The van der Waals surface area contributed by atoms with Crippen molar-refractivity contribution in [1.82, 2.24) is 0 Å². The maximum atomic E-state index is 11.9. The number of aryl methyl sites for hydroxylation is 2. The number of rotatable bonds is 8. The molecule has 0 unspecified atom stereocenters. The van der Waals surface area contributed by atoms with E-state index in [9.17, 15) is 25.2 Å². The van der Waals surface area contributed by atoms with Crippen molar-refractivity contribution in [3.63, 3.8) is 0 Å². The average Bonchev–Trinajstić information content (AvgIpc) is 2.56. The first kappa shape index (κ1) is 21.4. The van der Waals surface area contributed by atoms with Crippen LogP contribution in [0.1, 0.15) is 43.9 Å². The number of hydrogen-bond acceptors (Lipinski definition) is 6. The second-order valence-corrected chi connectivity index (χ2v) is 7.69. The molecule has 0 atom stereocenters. The van der Waals surface area contributed by atoms with Crippen molar-refractivity contribution in [3.8, 4) is 5.75 Å². The molecule has 25 heavy (non-hydrogen) atoms. The first-order valence-electron chi connectivity index (χ1n) is 8.40. The molecule has 0 radical (unpaired) electrons. The number of esters is 1. The fourth-order valence-electron chi connectivity index (χ4n) is 2.41. The van der Waals surface area contributed by atoms with Gasteiger partial charge < -0.3 is 25.2 Å². The number of aliphatic hydroxyl groups is 3. The normalized spacial score (nSPS) is 12.3. The van der Waals surface area contributed by atoms with Crippen molar-refractivity contribution < 1.29 is 30.0 Å². The summed E-state index contributed by atoms with van der Waals surface area (Å²) in [7, 11) is 0. The van der Waals surface area contributed by atoms with E-state index < -0.39 is 31.2 Å². The second-order valence-electron chi connectivity index (χ2n) is 7.69. The first-order chi connectivity index (χ1) is 11.6. The molecule has 0 heterocycles. The van der Waals surface area contributed by atoms with E-state index in [-0.39, 0.29) is 24.2 Å². The smallest absolute Gasteiger partial charge is 0.306 e. The van der Waals surface area contributed by atoms with Gasteiger partial charge in [0.2, 0.25) is 0 Å². The molecule has 6 heteroatoms. The molecule has 1 aromatic rings.